The van der Waals surface area contributed by atoms with Crippen LogP contribution in [0.5, 0.6) is 0 Å². The number of hydrogen-bond acceptors (Lipinski definition) is 3. The average Bonchev–Trinajstić information content (AvgIpc) is 2.35. The lowest BCUT2D eigenvalue weighted by molar-refractivity contribution is 0.0931. The topological polar surface area (TPSA) is 68.0 Å². The zero-order valence-electron chi connectivity index (χ0n) is 11.7. The number of carbonyl (C=O) groups excluding carboxylic acids is 1. The summed E-state index contributed by atoms with van der Waals surface area (Å²) in [5.74, 6) is 6.02. The highest BCUT2D eigenvalue weighted by atomic mass is 16.1. The van der Waals surface area contributed by atoms with E-state index in [4.69, 9.17) is 5.73 Å². The Balaban J connectivity index is 2.62. The molecule has 0 radical (unpaired) electrons. The molecular weight excluding hydrogens is 238 g/mol. The minimum absolute atomic E-state index is 0.144. The molecule has 0 bridgehead atoms. The van der Waals surface area contributed by atoms with Gasteiger partial charge in [0, 0.05) is 17.8 Å². The van der Waals surface area contributed by atoms with Crippen molar-refractivity contribution < 1.29 is 4.79 Å². The summed E-state index contributed by atoms with van der Waals surface area (Å²) < 4.78 is 0. The molecule has 0 aliphatic heterocycles. The Labute approximate surface area is 114 Å². The lowest BCUT2D eigenvalue weighted by Gasteiger charge is -2.15. The third-order valence-electron chi connectivity index (χ3n) is 2.53. The lowest BCUT2D eigenvalue weighted by atomic mass is 10.1. The summed E-state index contributed by atoms with van der Waals surface area (Å²) in [6.45, 7) is 6.57. The van der Waals surface area contributed by atoms with Crippen LogP contribution in [0.25, 0.3) is 0 Å². The molecule has 1 rings (SSSR count). The highest BCUT2D eigenvalue weighted by Gasteiger charge is 2.11. The first-order chi connectivity index (χ1) is 9.02. The molecule has 1 atom stereocenters. The Morgan fingerprint density at radius 1 is 1.42 bits per heavy atom. The average molecular weight is 259 g/mol. The van der Waals surface area contributed by atoms with Gasteiger partial charge in [0.15, 0.2) is 0 Å². The highest BCUT2D eigenvalue weighted by molar-refractivity contribution is 5.92. The van der Waals surface area contributed by atoms with Crippen LogP contribution >= 0.6 is 0 Å². The second kappa shape index (κ2) is 7.55. The van der Waals surface area contributed by atoms with E-state index in [0.29, 0.717) is 18.2 Å². The van der Waals surface area contributed by atoms with E-state index in [1.54, 1.807) is 18.3 Å². The molecule has 102 valence electrons. The van der Waals surface area contributed by atoms with Gasteiger partial charge < -0.3 is 11.1 Å². The minimum Gasteiger partial charge on any atom is -0.348 e. The number of nitrogens with one attached hydrogen (secondary N) is 1. The smallest absolute Gasteiger partial charge is 0.270 e. The quantitative estimate of drug-likeness (QED) is 0.806. The number of aromatic nitrogens is 1. The van der Waals surface area contributed by atoms with Gasteiger partial charge in [-0.05, 0) is 31.4 Å². The first-order valence-corrected chi connectivity index (χ1v) is 6.48. The normalized spacial score (nSPS) is 11.6. The van der Waals surface area contributed by atoms with Gasteiger partial charge in [-0.1, -0.05) is 25.7 Å². The van der Waals surface area contributed by atoms with Crippen LogP contribution in [0.15, 0.2) is 18.3 Å². The van der Waals surface area contributed by atoms with Crippen LogP contribution < -0.4 is 11.1 Å². The van der Waals surface area contributed by atoms with Crippen molar-refractivity contribution in [3.8, 4) is 11.8 Å². The Bertz CT molecular complexity index is 468. The summed E-state index contributed by atoms with van der Waals surface area (Å²) >= 11 is 0. The molecule has 0 aliphatic carbocycles. The third kappa shape index (κ3) is 5.54. The number of hydrogen-bond donors (Lipinski definition) is 2. The minimum atomic E-state index is -0.147. The number of rotatable bonds is 4. The fourth-order valence-electron chi connectivity index (χ4n) is 1.82. The van der Waals surface area contributed by atoms with Crippen LogP contribution in [0.3, 0.4) is 0 Å². The van der Waals surface area contributed by atoms with Crippen molar-refractivity contribution in [1.82, 2.24) is 10.3 Å². The van der Waals surface area contributed by atoms with Crippen LogP contribution in [0, 0.1) is 17.8 Å². The standard InChI is InChI=1S/C15H21N3O/c1-11(2)9-12(3)18-15(19)14-7-6-13(10-17-14)5-4-8-16/h6-7,10-12H,8-9,16H2,1-3H3,(H,18,19). The van der Waals surface area contributed by atoms with Crippen LogP contribution in [0.1, 0.15) is 43.2 Å². The van der Waals surface area contributed by atoms with Crippen molar-refractivity contribution in [2.45, 2.75) is 33.2 Å². The summed E-state index contributed by atoms with van der Waals surface area (Å²) in [6.07, 6.45) is 2.54. The Kier molecular flexibility index (Phi) is 6.04. The van der Waals surface area contributed by atoms with E-state index in [2.05, 4.69) is 36.0 Å². The van der Waals surface area contributed by atoms with Crippen molar-refractivity contribution in [3.05, 3.63) is 29.6 Å². The van der Waals surface area contributed by atoms with Crippen molar-refractivity contribution in [2.75, 3.05) is 6.54 Å². The van der Waals surface area contributed by atoms with Crippen LogP contribution in [0.2, 0.25) is 0 Å². The predicted molar refractivity (Wildman–Crippen MR) is 76.6 cm³/mol. The largest absolute Gasteiger partial charge is 0.348 e. The maximum atomic E-state index is 11.9. The number of nitrogens with two attached hydrogens (primary N) is 1. The van der Waals surface area contributed by atoms with E-state index >= 15 is 0 Å². The SMILES string of the molecule is CC(C)CC(C)NC(=O)c1ccc(C#CCN)cn1. The van der Waals surface area contributed by atoms with E-state index in [-0.39, 0.29) is 11.9 Å². The Morgan fingerprint density at radius 3 is 2.68 bits per heavy atom. The van der Waals surface area contributed by atoms with Crippen molar-refractivity contribution in [3.63, 3.8) is 0 Å². The molecule has 3 N–H and O–H groups in total. The fourth-order valence-corrected chi connectivity index (χ4v) is 1.82. The second-order valence-corrected chi connectivity index (χ2v) is 4.94. The number of amides is 1. The van der Waals surface area contributed by atoms with E-state index in [9.17, 15) is 4.79 Å². The molecule has 1 unspecified atom stereocenters. The van der Waals surface area contributed by atoms with E-state index in [1.807, 2.05) is 6.92 Å². The molecule has 19 heavy (non-hydrogen) atoms. The maximum Gasteiger partial charge on any atom is 0.270 e. The Hall–Kier alpha value is -1.86. The molecule has 4 nitrogen and oxygen atoms in total. The molecule has 0 spiro atoms. The summed E-state index contributed by atoms with van der Waals surface area (Å²) in [7, 11) is 0. The van der Waals surface area contributed by atoms with Crippen LogP contribution in [0.4, 0.5) is 0 Å². The molecule has 1 amide bonds. The predicted octanol–water partition coefficient (Wildman–Crippen LogP) is 1.56. The zero-order chi connectivity index (χ0) is 14.3. The summed E-state index contributed by atoms with van der Waals surface area (Å²) in [5, 5.41) is 2.93. The van der Waals surface area contributed by atoms with Crippen LogP contribution in [-0.4, -0.2) is 23.5 Å². The highest BCUT2D eigenvalue weighted by Crippen LogP contribution is 2.05. The molecule has 1 aromatic rings. The monoisotopic (exact) mass is 259 g/mol. The van der Waals surface area contributed by atoms with Crippen molar-refractivity contribution in [2.24, 2.45) is 11.7 Å². The molecular formula is C15H21N3O. The first kappa shape index (κ1) is 15.2. The first-order valence-electron chi connectivity index (χ1n) is 6.48. The van der Waals surface area contributed by atoms with Gasteiger partial charge in [0.05, 0.1) is 6.54 Å². The lowest BCUT2D eigenvalue weighted by Crippen LogP contribution is -2.33. The molecule has 0 fully saturated rings. The molecule has 4 heteroatoms. The van der Waals surface area contributed by atoms with Crippen molar-refractivity contribution in [1.29, 1.82) is 0 Å². The molecule has 0 saturated carbocycles. The molecule has 0 aliphatic rings. The molecule has 1 heterocycles. The summed E-state index contributed by atoms with van der Waals surface area (Å²) in [5.41, 5.74) is 6.46. The maximum absolute atomic E-state index is 11.9. The van der Waals surface area contributed by atoms with Gasteiger partial charge in [0.25, 0.3) is 5.91 Å². The number of carbonyl (C=O) groups is 1. The number of pyridine rings is 1. The van der Waals surface area contributed by atoms with Gasteiger partial charge in [-0.25, -0.2) is 4.98 Å². The van der Waals surface area contributed by atoms with Crippen LogP contribution in [-0.2, 0) is 0 Å². The number of nitrogens with zero attached hydrogens (tertiary/aromatic N) is 1. The van der Waals surface area contributed by atoms with E-state index < -0.39 is 0 Å². The van der Waals surface area contributed by atoms with Gasteiger partial charge in [-0.3, -0.25) is 4.79 Å². The van der Waals surface area contributed by atoms with Gasteiger partial charge in [0.1, 0.15) is 5.69 Å². The van der Waals surface area contributed by atoms with Gasteiger partial charge in [-0.2, -0.15) is 0 Å². The van der Waals surface area contributed by atoms with Gasteiger partial charge >= 0.3 is 0 Å². The molecule has 0 aromatic carbocycles. The summed E-state index contributed by atoms with van der Waals surface area (Å²) in [4.78, 5) is 16.0. The zero-order valence-corrected chi connectivity index (χ0v) is 11.7. The van der Waals surface area contributed by atoms with Gasteiger partial charge in [0.2, 0.25) is 0 Å². The van der Waals surface area contributed by atoms with Crippen molar-refractivity contribution >= 4 is 5.91 Å². The molecule has 0 saturated heterocycles. The summed E-state index contributed by atoms with van der Waals surface area (Å²) in [6, 6.07) is 3.60. The second-order valence-electron chi connectivity index (χ2n) is 4.94. The molecule has 1 aromatic heterocycles. The van der Waals surface area contributed by atoms with E-state index in [0.717, 1.165) is 12.0 Å². The Morgan fingerprint density at radius 2 is 2.16 bits per heavy atom. The third-order valence-corrected chi connectivity index (χ3v) is 2.53. The fraction of sp³-hybridized carbons (Fsp3) is 0.467. The van der Waals surface area contributed by atoms with E-state index in [1.165, 1.54) is 0 Å². The van der Waals surface area contributed by atoms with Gasteiger partial charge in [-0.15, -0.1) is 0 Å².